The van der Waals surface area contributed by atoms with Crippen molar-refractivity contribution < 1.29 is 13.9 Å². The predicted octanol–water partition coefficient (Wildman–Crippen LogP) is 3.50. The Kier molecular flexibility index (Phi) is 5.45. The van der Waals surface area contributed by atoms with Crippen molar-refractivity contribution in [1.29, 1.82) is 0 Å². The maximum Gasteiger partial charge on any atom is 0.210 e. The summed E-state index contributed by atoms with van der Waals surface area (Å²) < 4.78 is 11.8. The topological polar surface area (TPSA) is 105 Å². The number of methoxy groups -OCH3 is 1. The molecule has 0 fully saturated rings. The molecule has 4 aromatic rings. The van der Waals surface area contributed by atoms with Crippen LogP contribution in [-0.2, 0) is 9.53 Å². The van der Waals surface area contributed by atoms with Crippen LogP contribution in [0.2, 0.25) is 0 Å². The number of nitrogens with zero attached hydrogens (tertiary/aromatic N) is 1. The lowest BCUT2D eigenvalue weighted by Gasteiger charge is -2.17. The van der Waals surface area contributed by atoms with Crippen molar-refractivity contribution >= 4 is 52.5 Å². The van der Waals surface area contributed by atoms with Gasteiger partial charge in [0.2, 0.25) is 11.3 Å². The Balaban J connectivity index is 1.43. The van der Waals surface area contributed by atoms with Gasteiger partial charge < -0.3 is 25.1 Å². The van der Waals surface area contributed by atoms with E-state index < -0.39 is 0 Å². The van der Waals surface area contributed by atoms with Crippen molar-refractivity contribution in [3.05, 3.63) is 134 Å². The molecule has 0 atom stereocenters. The zero-order valence-electron chi connectivity index (χ0n) is 21.3. The molecule has 1 aromatic heterocycles. The van der Waals surface area contributed by atoms with Gasteiger partial charge in [0, 0.05) is 23.4 Å². The van der Waals surface area contributed by atoms with E-state index in [0.717, 1.165) is 22.5 Å². The first-order valence-electron chi connectivity index (χ1n) is 12.7. The number of aliphatic imine (C=N–C) groups is 1. The lowest BCUT2D eigenvalue weighted by atomic mass is 10.0. The molecule has 0 saturated carbocycles. The third kappa shape index (κ3) is 3.73. The van der Waals surface area contributed by atoms with Crippen LogP contribution in [0.4, 0.5) is 17.3 Å². The third-order valence-electron chi connectivity index (χ3n) is 6.95. The highest BCUT2D eigenvalue weighted by atomic mass is 16.5. The summed E-state index contributed by atoms with van der Waals surface area (Å²) in [6.07, 6.45) is 2.80. The highest BCUT2D eigenvalue weighted by molar-refractivity contribution is 6.24. The van der Waals surface area contributed by atoms with Gasteiger partial charge in [0.15, 0.2) is 5.78 Å². The smallest absolute Gasteiger partial charge is 0.210 e. The summed E-state index contributed by atoms with van der Waals surface area (Å²) in [7, 11) is 1.43. The van der Waals surface area contributed by atoms with Gasteiger partial charge in [-0.15, -0.1) is 0 Å². The van der Waals surface area contributed by atoms with E-state index in [2.05, 4.69) is 20.9 Å². The van der Waals surface area contributed by atoms with E-state index in [-0.39, 0.29) is 44.6 Å². The number of para-hydroxylation sites is 2. The summed E-state index contributed by atoms with van der Waals surface area (Å²) >= 11 is 0. The number of nitrogens with one attached hydrogen (secondary N) is 3. The molecule has 3 aromatic carbocycles. The lowest BCUT2D eigenvalue weighted by Crippen LogP contribution is -2.47. The molecule has 0 amide bonds. The Bertz CT molecular complexity index is 1930. The van der Waals surface area contributed by atoms with Crippen LogP contribution >= 0.6 is 0 Å². The monoisotopic (exact) mass is 526 g/mol. The van der Waals surface area contributed by atoms with Crippen LogP contribution in [0.25, 0.3) is 23.2 Å². The van der Waals surface area contributed by atoms with Gasteiger partial charge >= 0.3 is 0 Å². The molecule has 3 aliphatic rings. The van der Waals surface area contributed by atoms with E-state index in [1.807, 2.05) is 84.9 Å². The molecule has 8 nitrogen and oxygen atoms in total. The fraction of sp³-hybridized carbons (Fsp3) is 0.0312. The Hall–Kier alpha value is -5.63. The summed E-state index contributed by atoms with van der Waals surface area (Å²) in [5.74, 6) is 0.373. The number of ether oxygens (including phenoxy) is 1. The van der Waals surface area contributed by atoms with Crippen LogP contribution < -0.4 is 32.0 Å². The number of fused-ring (bicyclic) bond motifs is 3. The molecule has 0 unspecified atom stereocenters. The highest BCUT2D eigenvalue weighted by Crippen LogP contribution is 2.33. The summed E-state index contributed by atoms with van der Waals surface area (Å²) in [5, 5.41) is 10.1. The summed E-state index contributed by atoms with van der Waals surface area (Å²) in [6, 6.07) is 27.0. The quantitative estimate of drug-likeness (QED) is 0.309. The number of Topliss-reactive ketones (excluding diaryl/α,β-unsaturated/α-hetero) is 1. The van der Waals surface area contributed by atoms with Crippen LogP contribution in [0.5, 0.6) is 0 Å². The predicted molar refractivity (Wildman–Crippen MR) is 154 cm³/mol. The second kappa shape index (κ2) is 9.28. The molecule has 2 aliphatic heterocycles. The average Bonchev–Trinajstić information content (AvgIpc) is 3.33. The van der Waals surface area contributed by atoms with E-state index in [0.29, 0.717) is 17.2 Å². The maximum absolute atomic E-state index is 13.9. The second-order valence-electron chi connectivity index (χ2n) is 9.34. The fourth-order valence-corrected chi connectivity index (χ4v) is 5.08. The van der Waals surface area contributed by atoms with Crippen LogP contribution in [0.3, 0.4) is 0 Å². The van der Waals surface area contributed by atoms with Gasteiger partial charge in [-0.1, -0.05) is 72.8 Å². The average molecular weight is 527 g/mol. The Labute approximate surface area is 228 Å². The summed E-state index contributed by atoms with van der Waals surface area (Å²) in [5.41, 5.74) is 5.00. The van der Waals surface area contributed by atoms with E-state index in [1.165, 1.54) is 19.4 Å². The van der Waals surface area contributed by atoms with Gasteiger partial charge in [0.1, 0.15) is 33.4 Å². The van der Waals surface area contributed by atoms with Gasteiger partial charge in [-0.3, -0.25) is 14.6 Å². The van der Waals surface area contributed by atoms with Gasteiger partial charge in [-0.05, 0) is 12.1 Å². The Morgan fingerprint density at radius 1 is 0.775 bits per heavy atom. The number of carbonyl (C=O) groups is 1. The molecule has 194 valence electrons. The molecule has 8 heteroatoms. The standard InChI is InChI=1S/C32H22N4O4/c1-39-30-25(31-35-27(18-10-4-2-5-11-18)28(36-31)19-12-6-3-7-13-19)23(37)16-24-26(30)29(38)20-17-33-21-14-8-9-15-22(21)34-32(20)40-24/h2-17,34-36H,1H3. The normalized spacial score (nSPS) is 15.2. The van der Waals surface area contributed by atoms with E-state index >= 15 is 0 Å². The SMILES string of the molecule is COC1=c2c(oc3c(c2=O)C=Nc2ccccc2N3)=CC(=O)C1=C1NC(c2ccccc2)=C(c2ccccc2)N1. The molecule has 0 spiro atoms. The van der Waals surface area contributed by atoms with Crippen molar-refractivity contribution in [2.24, 2.45) is 4.99 Å². The summed E-state index contributed by atoms with van der Waals surface area (Å²) in [4.78, 5) is 32.0. The van der Waals surface area contributed by atoms with Crippen LogP contribution in [0.15, 0.2) is 111 Å². The molecule has 3 N–H and O–H groups in total. The van der Waals surface area contributed by atoms with Gasteiger partial charge in [-0.2, -0.15) is 0 Å². The van der Waals surface area contributed by atoms with Crippen molar-refractivity contribution in [2.75, 3.05) is 12.4 Å². The van der Waals surface area contributed by atoms with Crippen molar-refractivity contribution in [3.8, 4) is 0 Å². The van der Waals surface area contributed by atoms with Crippen molar-refractivity contribution in [2.45, 2.75) is 0 Å². The first kappa shape index (κ1) is 23.5. The fourth-order valence-electron chi connectivity index (χ4n) is 5.08. The number of ketones is 1. The summed E-state index contributed by atoms with van der Waals surface area (Å²) in [6.45, 7) is 0. The minimum atomic E-state index is -0.369. The largest absolute Gasteiger partial charge is 0.495 e. The number of anilines is 2. The molecule has 40 heavy (non-hydrogen) atoms. The van der Waals surface area contributed by atoms with Crippen molar-refractivity contribution in [1.82, 2.24) is 10.6 Å². The molecular weight excluding hydrogens is 504 g/mol. The van der Waals surface area contributed by atoms with Gasteiger partial charge in [0.25, 0.3) is 0 Å². The number of benzene rings is 3. The minimum Gasteiger partial charge on any atom is -0.495 e. The molecule has 0 bridgehead atoms. The van der Waals surface area contributed by atoms with Crippen molar-refractivity contribution in [3.63, 3.8) is 0 Å². The first-order valence-corrected chi connectivity index (χ1v) is 12.7. The molecule has 0 saturated heterocycles. The number of carbonyl (C=O) groups excluding carboxylic acids is 1. The highest BCUT2D eigenvalue weighted by Gasteiger charge is 2.32. The molecule has 7 rings (SSSR count). The first-order chi connectivity index (χ1) is 19.6. The van der Waals surface area contributed by atoms with Crippen LogP contribution in [-0.4, -0.2) is 19.1 Å². The number of rotatable bonds is 3. The Morgan fingerprint density at radius 2 is 1.40 bits per heavy atom. The van der Waals surface area contributed by atoms with Gasteiger partial charge in [0.05, 0.1) is 29.9 Å². The molecule has 0 radical (unpaired) electrons. The van der Waals surface area contributed by atoms with Crippen LogP contribution in [0, 0.1) is 0 Å². The molecular formula is C32H22N4O4. The lowest BCUT2D eigenvalue weighted by molar-refractivity contribution is -0.110. The Morgan fingerprint density at radius 3 is 2.05 bits per heavy atom. The van der Waals surface area contributed by atoms with E-state index in [1.54, 1.807) is 0 Å². The van der Waals surface area contributed by atoms with Crippen LogP contribution in [0.1, 0.15) is 16.7 Å². The third-order valence-corrected chi connectivity index (χ3v) is 6.95. The van der Waals surface area contributed by atoms with Gasteiger partial charge in [-0.25, -0.2) is 0 Å². The minimum absolute atomic E-state index is 0.117. The van der Waals surface area contributed by atoms with E-state index in [9.17, 15) is 9.59 Å². The number of hydrogen-bond acceptors (Lipinski definition) is 8. The zero-order chi connectivity index (χ0) is 27.2. The molecule has 3 heterocycles. The second-order valence-corrected chi connectivity index (χ2v) is 9.34. The molecule has 1 aliphatic carbocycles. The number of hydrogen-bond donors (Lipinski definition) is 3. The zero-order valence-corrected chi connectivity index (χ0v) is 21.3. The van der Waals surface area contributed by atoms with E-state index in [4.69, 9.17) is 9.15 Å². The maximum atomic E-state index is 13.9.